The van der Waals surface area contributed by atoms with E-state index in [1.807, 2.05) is 32.0 Å². The van der Waals surface area contributed by atoms with Crippen LogP contribution in [0.5, 0.6) is 0 Å². The third kappa shape index (κ3) is 3.33. The number of benzene rings is 2. The summed E-state index contributed by atoms with van der Waals surface area (Å²) in [5, 5.41) is 17.3. The van der Waals surface area contributed by atoms with Gasteiger partial charge in [-0.1, -0.05) is 48.5 Å². The Morgan fingerprint density at radius 3 is 2.52 bits per heavy atom. The predicted octanol–water partition coefficient (Wildman–Crippen LogP) is 2.24. The number of carbonyl (C=O) groups excluding carboxylic acids is 1. The van der Waals surface area contributed by atoms with Gasteiger partial charge in [0.1, 0.15) is 0 Å². The van der Waals surface area contributed by atoms with Gasteiger partial charge in [-0.15, -0.1) is 10.2 Å². The van der Waals surface area contributed by atoms with Gasteiger partial charge in [0.25, 0.3) is 0 Å². The fraction of sp³-hybridized carbons (Fsp3) is 0.300. The molecule has 138 valence electrons. The molecule has 0 radical (unpaired) electrons. The standard InChI is InChI=1S/C20H22N6O/c1-20(2)19(27)21-11-12-26(20)13-14-7-9-15(10-8-14)16-5-3-4-6-17(16)18-22-24-25-23-18/h3-10H,11-13H2,1-2H3,(H,21,27)(H,22,23,24,25). The van der Waals surface area contributed by atoms with Gasteiger partial charge < -0.3 is 5.32 Å². The van der Waals surface area contributed by atoms with E-state index in [2.05, 4.69) is 61.2 Å². The molecule has 1 saturated heterocycles. The topological polar surface area (TPSA) is 86.8 Å². The van der Waals surface area contributed by atoms with E-state index in [1.54, 1.807) is 0 Å². The number of aromatic amines is 1. The maximum absolute atomic E-state index is 12.1. The molecule has 2 aromatic carbocycles. The normalized spacial score (nSPS) is 16.9. The minimum Gasteiger partial charge on any atom is -0.353 e. The maximum atomic E-state index is 12.1. The largest absolute Gasteiger partial charge is 0.353 e. The molecular formula is C20H22N6O. The lowest BCUT2D eigenvalue weighted by molar-refractivity contribution is -0.135. The number of rotatable bonds is 4. The van der Waals surface area contributed by atoms with Gasteiger partial charge in [0, 0.05) is 25.2 Å². The zero-order valence-corrected chi connectivity index (χ0v) is 15.4. The number of aromatic nitrogens is 4. The van der Waals surface area contributed by atoms with Gasteiger partial charge in [-0.25, -0.2) is 0 Å². The van der Waals surface area contributed by atoms with Gasteiger partial charge >= 0.3 is 0 Å². The van der Waals surface area contributed by atoms with E-state index in [1.165, 1.54) is 5.56 Å². The van der Waals surface area contributed by atoms with Crippen molar-refractivity contribution < 1.29 is 4.79 Å². The highest BCUT2D eigenvalue weighted by atomic mass is 16.2. The average Bonchev–Trinajstić information content (AvgIpc) is 3.21. The van der Waals surface area contributed by atoms with E-state index in [0.29, 0.717) is 12.4 Å². The van der Waals surface area contributed by atoms with Crippen LogP contribution < -0.4 is 5.32 Å². The molecule has 27 heavy (non-hydrogen) atoms. The molecule has 2 heterocycles. The first-order chi connectivity index (χ1) is 13.1. The number of piperazine rings is 1. The van der Waals surface area contributed by atoms with Crippen LogP contribution in [0.25, 0.3) is 22.5 Å². The summed E-state index contributed by atoms with van der Waals surface area (Å²) in [4.78, 5) is 14.3. The molecule has 7 heteroatoms. The molecule has 1 aromatic heterocycles. The molecule has 1 fully saturated rings. The predicted molar refractivity (Wildman–Crippen MR) is 103 cm³/mol. The number of tetrazole rings is 1. The van der Waals surface area contributed by atoms with Crippen LogP contribution in [-0.2, 0) is 11.3 Å². The van der Waals surface area contributed by atoms with Gasteiger partial charge in [0.15, 0.2) is 0 Å². The van der Waals surface area contributed by atoms with Crippen LogP contribution in [0, 0.1) is 0 Å². The summed E-state index contributed by atoms with van der Waals surface area (Å²) in [7, 11) is 0. The molecule has 0 bridgehead atoms. The number of nitrogens with zero attached hydrogens (tertiary/aromatic N) is 4. The number of hydrogen-bond acceptors (Lipinski definition) is 5. The van der Waals surface area contributed by atoms with E-state index in [-0.39, 0.29) is 5.91 Å². The van der Waals surface area contributed by atoms with E-state index in [0.717, 1.165) is 29.8 Å². The first-order valence-electron chi connectivity index (χ1n) is 9.01. The lowest BCUT2D eigenvalue weighted by atomic mass is 9.96. The van der Waals surface area contributed by atoms with Gasteiger partial charge in [-0.2, -0.15) is 5.21 Å². The number of H-pyrrole nitrogens is 1. The van der Waals surface area contributed by atoms with Crippen LogP contribution in [0.2, 0.25) is 0 Å². The minimum absolute atomic E-state index is 0.0828. The second-order valence-corrected chi connectivity index (χ2v) is 7.21. The Bertz CT molecular complexity index is 933. The first-order valence-corrected chi connectivity index (χ1v) is 9.01. The highest BCUT2D eigenvalue weighted by Gasteiger charge is 2.37. The van der Waals surface area contributed by atoms with Crippen LogP contribution in [0.4, 0.5) is 0 Å². The molecule has 1 aliphatic heterocycles. The Morgan fingerprint density at radius 2 is 1.81 bits per heavy atom. The third-order valence-corrected chi connectivity index (χ3v) is 5.17. The van der Waals surface area contributed by atoms with Crippen LogP contribution >= 0.6 is 0 Å². The fourth-order valence-corrected chi connectivity index (χ4v) is 3.44. The van der Waals surface area contributed by atoms with Crippen molar-refractivity contribution in [3.8, 4) is 22.5 Å². The number of hydrogen-bond donors (Lipinski definition) is 2. The highest BCUT2D eigenvalue weighted by molar-refractivity contribution is 5.86. The number of carbonyl (C=O) groups is 1. The van der Waals surface area contributed by atoms with E-state index in [4.69, 9.17) is 0 Å². The number of nitrogens with one attached hydrogen (secondary N) is 2. The lowest BCUT2D eigenvalue weighted by Gasteiger charge is -2.41. The average molecular weight is 362 g/mol. The summed E-state index contributed by atoms with van der Waals surface area (Å²) < 4.78 is 0. The zero-order chi connectivity index (χ0) is 18.9. The highest BCUT2D eigenvalue weighted by Crippen LogP contribution is 2.30. The van der Waals surface area contributed by atoms with Crippen molar-refractivity contribution in [3.05, 3.63) is 54.1 Å². The molecule has 1 aliphatic rings. The molecule has 2 N–H and O–H groups in total. The van der Waals surface area contributed by atoms with Crippen molar-refractivity contribution in [1.29, 1.82) is 0 Å². The smallest absolute Gasteiger partial charge is 0.240 e. The molecule has 0 unspecified atom stereocenters. The number of amides is 1. The molecule has 0 atom stereocenters. The van der Waals surface area contributed by atoms with Crippen LogP contribution in [-0.4, -0.2) is 50.1 Å². The van der Waals surface area contributed by atoms with E-state index >= 15 is 0 Å². The Balaban J connectivity index is 1.58. The Labute approximate surface area is 157 Å². The SMILES string of the molecule is CC1(C)C(=O)NCCN1Cc1ccc(-c2ccccc2-c2nn[nH]n2)cc1. The van der Waals surface area contributed by atoms with Gasteiger partial charge in [-0.05, 0) is 35.8 Å². The molecule has 3 aromatic rings. The molecule has 0 aliphatic carbocycles. The van der Waals surface area contributed by atoms with Crippen molar-refractivity contribution >= 4 is 5.91 Å². The summed E-state index contributed by atoms with van der Waals surface area (Å²) >= 11 is 0. The molecular weight excluding hydrogens is 340 g/mol. The van der Waals surface area contributed by atoms with Crippen molar-refractivity contribution in [2.75, 3.05) is 13.1 Å². The fourth-order valence-electron chi connectivity index (χ4n) is 3.44. The Hall–Kier alpha value is -3.06. The summed E-state index contributed by atoms with van der Waals surface area (Å²) in [6.45, 7) is 6.22. The van der Waals surface area contributed by atoms with Crippen LogP contribution in [0.1, 0.15) is 19.4 Å². The Morgan fingerprint density at radius 1 is 1.07 bits per heavy atom. The molecule has 0 saturated carbocycles. The summed E-state index contributed by atoms with van der Waals surface area (Å²) in [5.41, 5.74) is 3.77. The van der Waals surface area contributed by atoms with E-state index in [9.17, 15) is 4.79 Å². The quantitative estimate of drug-likeness (QED) is 0.743. The van der Waals surface area contributed by atoms with Crippen molar-refractivity contribution in [2.45, 2.75) is 25.9 Å². The van der Waals surface area contributed by atoms with Crippen molar-refractivity contribution in [1.82, 2.24) is 30.8 Å². The lowest BCUT2D eigenvalue weighted by Crippen LogP contribution is -2.61. The van der Waals surface area contributed by atoms with Crippen molar-refractivity contribution in [3.63, 3.8) is 0 Å². The third-order valence-electron chi connectivity index (χ3n) is 5.17. The summed E-state index contributed by atoms with van der Waals surface area (Å²) in [6, 6.07) is 16.4. The molecule has 7 nitrogen and oxygen atoms in total. The second-order valence-electron chi connectivity index (χ2n) is 7.21. The van der Waals surface area contributed by atoms with Gasteiger partial charge in [0.2, 0.25) is 11.7 Å². The Kier molecular flexibility index (Phi) is 4.45. The van der Waals surface area contributed by atoms with Gasteiger partial charge in [-0.3, -0.25) is 9.69 Å². The second kappa shape index (κ2) is 6.92. The zero-order valence-electron chi connectivity index (χ0n) is 15.4. The monoisotopic (exact) mass is 362 g/mol. The first kappa shape index (κ1) is 17.4. The molecule has 4 rings (SSSR count). The summed E-state index contributed by atoms with van der Waals surface area (Å²) in [5.74, 6) is 0.662. The van der Waals surface area contributed by atoms with E-state index < -0.39 is 5.54 Å². The summed E-state index contributed by atoms with van der Waals surface area (Å²) in [6.07, 6.45) is 0. The van der Waals surface area contributed by atoms with Crippen LogP contribution in [0.15, 0.2) is 48.5 Å². The van der Waals surface area contributed by atoms with Crippen LogP contribution in [0.3, 0.4) is 0 Å². The van der Waals surface area contributed by atoms with Gasteiger partial charge in [0.05, 0.1) is 5.54 Å². The minimum atomic E-state index is -0.498. The molecule has 0 spiro atoms. The molecule has 1 amide bonds. The van der Waals surface area contributed by atoms with Crippen molar-refractivity contribution in [2.24, 2.45) is 0 Å². The maximum Gasteiger partial charge on any atom is 0.240 e.